The van der Waals surface area contributed by atoms with Crippen molar-refractivity contribution >= 4 is 29.1 Å². The van der Waals surface area contributed by atoms with Crippen LogP contribution < -0.4 is 15.5 Å². The number of hydrogen-bond donors (Lipinski definition) is 3. The topological polar surface area (TPSA) is 124 Å². The molecule has 3 amide bonds. The lowest BCUT2D eigenvalue weighted by Gasteiger charge is -2.46. The molecular formula is C39H44F3N5O6. The van der Waals surface area contributed by atoms with Gasteiger partial charge in [-0.25, -0.2) is 0 Å². The first-order valence-corrected chi connectivity index (χ1v) is 18.1. The van der Waals surface area contributed by atoms with Gasteiger partial charge in [-0.05, 0) is 61.1 Å². The number of anilines is 2. The van der Waals surface area contributed by atoms with Crippen LogP contribution in [0.15, 0.2) is 78.9 Å². The van der Waals surface area contributed by atoms with E-state index in [1.165, 1.54) is 0 Å². The largest absolute Gasteiger partial charge is 0.471 e. The molecule has 0 unspecified atom stereocenters. The third-order valence-corrected chi connectivity index (χ3v) is 11.2. The minimum absolute atomic E-state index is 0.0538. The van der Waals surface area contributed by atoms with Crippen LogP contribution in [0.2, 0.25) is 0 Å². The molecule has 4 aliphatic heterocycles. The molecule has 3 aromatic carbocycles. The van der Waals surface area contributed by atoms with Crippen LogP contribution in [0.1, 0.15) is 61.7 Å². The number of likely N-dealkylation sites (tertiary alicyclic amines) is 2. The number of nitrogens with zero attached hydrogens (tertiary/aromatic N) is 3. The van der Waals surface area contributed by atoms with Crippen molar-refractivity contribution in [2.24, 2.45) is 5.92 Å². The lowest BCUT2D eigenvalue weighted by molar-refractivity contribution is -0.276. The van der Waals surface area contributed by atoms with Crippen molar-refractivity contribution in [3.63, 3.8) is 0 Å². The molecule has 0 bridgehead atoms. The van der Waals surface area contributed by atoms with Gasteiger partial charge < -0.3 is 39.9 Å². The number of carbonyl (C=O) groups excluding carboxylic acids is 3. The van der Waals surface area contributed by atoms with E-state index in [0.717, 1.165) is 16.8 Å². The zero-order chi connectivity index (χ0) is 37.3. The number of aliphatic hydroxyl groups is 1. The zero-order valence-corrected chi connectivity index (χ0v) is 29.4. The van der Waals surface area contributed by atoms with Gasteiger partial charge in [0.15, 0.2) is 6.29 Å². The fraction of sp³-hybridized carbons (Fsp3) is 0.462. The van der Waals surface area contributed by atoms with Gasteiger partial charge in [0, 0.05) is 49.0 Å². The van der Waals surface area contributed by atoms with Crippen LogP contribution in [0, 0.1) is 5.92 Å². The molecule has 0 aromatic heterocycles. The highest BCUT2D eigenvalue weighted by molar-refractivity contribution is 5.98. The van der Waals surface area contributed by atoms with E-state index in [-0.39, 0.29) is 43.6 Å². The molecule has 282 valence electrons. The SMILES string of the molecule is C[C@H]1[C@@H](CN2CCC3(CC2)C(=O)NCN3c2ccccc2)O[C@@H](c2ccc(NC(=O)[C@@H]3CCCN3C(=O)C(F)(F)F)cc2)O[C@H]1c1ccc(CO)cc1. The van der Waals surface area contributed by atoms with E-state index < -0.39 is 35.9 Å². The molecule has 0 saturated carbocycles. The Kier molecular flexibility index (Phi) is 10.5. The van der Waals surface area contributed by atoms with Crippen LogP contribution >= 0.6 is 0 Å². The van der Waals surface area contributed by atoms with E-state index >= 15 is 0 Å². The van der Waals surface area contributed by atoms with Crippen molar-refractivity contribution in [1.29, 1.82) is 0 Å². The molecular weight excluding hydrogens is 691 g/mol. The van der Waals surface area contributed by atoms with Gasteiger partial charge in [0.25, 0.3) is 0 Å². The Balaban J connectivity index is 1.05. The Morgan fingerprint density at radius 1 is 0.943 bits per heavy atom. The fourth-order valence-corrected chi connectivity index (χ4v) is 8.12. The molecule has 4 saturated heterocycles. The van der Waals surface area contributed by atoms with Crippen LogP contribution in [-0.4, -0.2) is 89.3 Å². The first kappa shape index (κ1) is 36.8. The van der Waals surface area contributed by atoms with Crippen LogP contribution in [0.3, 0.4) is 0 Å². The van der Waals surface area contributed by atoms with Gasteiger partial charge >= 0.3 is 12.1 Å². The molecule has 5 atom stereocenters. The summed E-state index contributed by atoms with van der Waals surface area (Å²) < 4.78 is 52.6. The minimum atomic E-state index is -5.05. The van der Waals surface area contributed by atoms with E-state index in [2.05, 4.69) is 27.4 Å². The number of piperidine rings is 1. The highest BCUT2D eigenvalue weighted by Crippen LogP contribution is 2.43. The molecule has 11 nitrogen and oxygen atoms in total. The second-order valence-corrected chi connectivity index (χ2v) is 14.3. The summed E-state index contributed by atoms with van der Waals surface area (Å²) in [5, 5.41) is 15.3. The van der Waals surface area contributed by atoms with Crippen molar-refractivity contribution in [2.45, 2.75) is 75.5 Å². The van der Waals surface area contributed by atoms with Crippen LogP contribution in [0.5, 0.6) is 0 Å². The first-order chi connectivity index (χ1) is 25.5. The molecule has 3 aromatic rings. The average Bonchev–Trinajstić information content (AvgIpc) is 3.78. The predicted octanol–water partition coefficient (Wildman–Crippen LogP) is 4.89. The fourth-order valence-electron chi connectivity index (χ4n) is 8.12. The molecule has 1 spiro atoms. The molecule has 53 heavy (non-hydrogen) atoms. The van der Waals surface area contributed by atoms with Crippen molar-refractivity contribution < 1.29 is 42.1 Å². The van der Waals surface area contributed by atoms with Crippen molar-refractivity contribution in [2.75, 3.05) is 43.1 Å². The minimum Gasteiger partial charge on any atom is -0.392 e. The number of aliphatic hydroxyl groups excluding tert-OH is 1. The number of nitrogens with one attached hydrogen (secondary N) is 2. The Morgan fingerprint density at radius 3 is 2.28 bits per heavy atom. The third kappa shape index (κ3) is 7.50. The van der Waals surface area contributed by atoms with Gasteiger partial charge in [-0.2, -0.15) is 13.2 Å². The van der Waals surface area contributed by atoms with Crippen molar-refractivity contribution in [1.82, 2.24) is 15.1 Å². The summed E-state index contributed by atoms with van der Waals surface area (Å²) >= 11 is 0. The molecule has 14 heteroatoms. The van der Waals surface area contributed by atoms with Crippen LogP contribution in [-0.2, 0) is 30.5 Å². The number of hydrogen-bond acceptors (Lipinski definition) is 8. The van der Waals surface area contributed by atoms with Gasteiger partial charge in [0.2, 0.25) is 11.8 Å². The quantitative estimate of drug-likeness (QED) is 0.299. The van der Waals surface area contributed by atoms with Crippen LogP contribution in [0.4, 0.5) is 24.5 Å². The molecule has 7 rings (SSSR count). The first-order valence-electron chi connectivity index (χ1n) is 18.1. The predicted molar refractivity (Wildman–Crippen MR) is 189 cm³/mol. The smallest absolute Gasteiger partial charge is 0.392 e. The Morgan fingerprint density at radius 2 is 1.62 bits per heavy atom. The third-order valence-electron chi connectivity index (χ3n) is 11.2. The number of rotatable bonds is 8. The highest BCUT2D eigenvalue weighted by Gasteiger charge is 2.51. The number of para-hydroxylation sites is 1. The molecule has 4 aliphatic rings. The molecule has 4 heterocycles. The maximum absolute atomic E-state index is 13.2. The summed E-state index contributed by atoms with van der Waals surface area (Å²) in [6, 6.07) is 23.2. The average molecular weight is 736 g/mol. The van der Waals surface area contributed by atoms with Crippen LogP contribution in [0.25, 0.3) is 0 Å². The lowest BCUT2D eigenvalue weighted by atomic mass is 9.84. The van der Waals surface area contributed by atoms with Crippen molar-refractivity contribution in [3.05, 3.63) is 95.6 Å². The Bertz CT molecular complexity index is 1770. The summed E-state index contributed by atoms with van der Waals surface area (Å²) in [4.78, 5) is 43.2. The molecule has 3 N–H and O–H groups in total. The summed E-state index contributed by atoms with van der Waals surface area (Å²) in [5.74, 6) is -2.70. The van der Waals surface area contributed by atoms with E-state index in [1.807, 2.05) is 54.6 Å². The van der Waals surface area contributed by atoms with E-state index in [9.17, 15) is 32.7 Å². The summed E-state index contributed by atoms with van der Waals surface area (Å²) in [5.41, 5.74) is 3.17. The number of halogens is 3. The van der Waals surface area contributed by atoms with E-state index in [0.29, 0.717) is 61.7 Å². The Labute approximate surface area is 306 Å². The molecule has 0 radical (unpaired) electrons. The van der Waals surface area contributed by atoms with Gasteiger partial charge in [-0.3, -0.25) is 14.4 Å². The summed E-state index contributed by atoms with van der Waals surface area (Å²) in [6.45, 7) is 4.37. The number of carbonyl (C=O) groups is 3. The summed E-state index contributed by atoms with van der Waals surface area (Å²) in [7, 11) is 0. The van der Waals surface area contributed by atoms with Crippen molar-refractivity contribution in [3.8, 4) is 0 Å². The zero-order valence-electron chi connectivity index (χ0n) is 29.4. The maximum atomic E-state index is 13.2. The van der Waals surface area contributed by atoms with Gasteiger partial charge in [0.05, 0.1) is 25.5 Å². The number of alkyl halides is 3. The van der Waals surface area contributed by atoms with Gasteiger partial charge in [-0.1, -0.05) is 61.5 Å². The number of ether oxygens (including phenoxy) is 2. The lowest BCUT2D eigenvalue weighted by Crippen LogP contribution is -2.57. The molecule has 0 aliphatic carbocycles. The monoisotopic (exact) mass is 735 g/mol. The van der Waals surface area contributed by atoms with E-state index in [4.69, 9.17) is 9.47 Å². The number of benzene rings is 3. The highest BCUT2D eigenvalue weighted by atomic mass is 19.4. The van der Waals surface area contributed by atoms with E-state index in [1.54, 1.807) is 24.3 Å². The van der Waals surface area contributed by atoms with Gasteiger partial charge in [0.1, 0.15) is 11.6 Å². The normalized spacial score (nSPS) is 26.1. The number of amides is 3. The molecule has 4 fully saturated rings. The van der Waals surface area contributed by atoms with Gasteiger partial charge in [-0.15, -0.1) is 0 Å². The second kappa shape index (κ2) is 15.1. The maximum Gasteiger partial charge on any atom is 0.471 e. The second-order valence-electron chi connectivity index (χ2n) is 14.3. The summed E-state index contributed by atoms with van der Waals surface area (Å²) in [6.07, 6.45) is -4.66. The Hall–Kier alpha value is -4.50. The standard InChI is InChI=1S/C39H44F3N5O6/c1-25-32(22-45-20-17-38(18-21-45)36(50)43-24-47(38)30-6-3-2-4-7-30)52-35(53-33(25)27-11-9-26(23-48)10-12-27)28-13-15-29(16-14-28)44-34(49)31-8-5-19-46(31)37(51)39(40,41)42/h2-4,6-7,9-16,25,31-33,35,48H,5,8,17-24H2,1H3,(H,43,50)(H,44,49)/t25-,31-,32+,33+,35+/m0/s1.